The first-order valence-electron chi connectivity index (χ1n) is 7.88. The molecular formula is C18H16ClN3O3. The lowest BCUT2D eigenvalue weighted by Gasteiger charge is -2.36. The summed E-state index contributed by atoms with van der Waals surface area (Å²) >= 11 is 5.89. The van der Waals surface area contributed by atoms with E-state index >= 15 is 0 Å². The molecule has 1 aromatic carbocycles. The molecule has 0 radical (unpaired) electrons. The van der Waals surface area contributed by atoms with Gasteiger partial charge in [0.05, 0.1) is 11.7 Å². The van der Waals surface area contributed by atoms with Crippen molar-refractivity contribution in [3.8, 4) is 28.7 Å². The van der Waals surface area contributed by atoms with Gasteiger partial charge in [-0.2, -0.15) is 4.98 Å². The summed E-state index contributed by atoms with van der Waals surface area (Å²) in [7, 11) is 0. The van der Waals surface area contributed by atoms with Gasteiger partial charge in [0.25, 0.3) is 5.89 Å². The number of aliphatic hydroxyl groups is 1. The first-order valence-corrected chi connectivity index (χ1v) is 8.26. The molecule has 0 spiro atoms. The predicted octanol–water partition coefficient (Wildman–Crippen LogP) is 3.53. The Morgan fingerprint density at radius 1 is 1.20 bits per heavy atom. The van der Waals surface area contributed by atoms with Crippen molar-refractivity contribution in [2.45, 2.75) is 32.0 Å². The number of ether oxygens (including phenoxy) is 1. The molecular weight excluding hydrogens is 342 g/mol. The molecule has 2 aromatic heterocycles. The molecule has 0 unspecified atom stereocenters. The Labute approximate surface area is 149 Å². The Hall–Kier alpha value is -2.44. The Morgan fingerprint density at radius 3 is 2.72 bits per heavy atom. The summed E-state index contributed by atoms with van der Waals surface area (Å²) in [5.74, 6) is 1.36. The van der Waals surface area contributed by atoms with E-state index in [1.165, 1.54) is 0 Å². The summed E-state index contributed by atoms with van der Waals surface area (Å²) in [5, 5.41) is 14.9. The molecule has 1 atom stereocenters. The number of rotatable bonds is 2. The fourth-order valence-electron chi connectivity index (χ4n) is 2.68. The topological polar surface area (TPSA) is 81.3 Å². The van der Waals surface area contributed by atoms with Crippen LogP contribution in [0.25, 0.3) is 22.8 Å². The van der Waals surface area contributed by atoms with Crippen LogP contribution in [0.3, 0.4) is 0 Å². The number of hydrogen-bond donors (Lipinski definition) is 1. The Morgan fingerprint density at radius 2 is 1.96 bits per heavy atom. The summed E-state index contributed by atoms with van der Waals surface area (Å²) in [4.78, 5) is 8.75. The number of aliphatic hydroxyl groups excluding tert-OH is 1. The maximum atomic E-state index is 10.2. The van der Waals surface area contributed by atoms with Crippen molar-refractivity contribution in [2.75, 3.05) is 0 Å². The molecule has 0 bridgehead atoms. The van der Waals surface area contributed by atoms with Gasteiger partial charge >= 0.3 is 0 Å². The fraction of sp³-hybridized carbons (Fsp3) is 0.278. The lowest BCUT2D eigenvalue weighted by Crippen LogP contribution is -2.46. The normalized spacial score (nSPS) is 18.5. The van der Waals surface area contributed by atoms with Crippen LogP contribution in [0, 0.1) is 0 Å². The summed E-state index contributed by atoms with van der Waals surface area (Å²) in [6, 6.07) is 9.06. The molecule has 6 nitrogen and oxygen atoms in total. The highest BCUT2D eigenvalue weighted by atomic mass is 35.5. The van der Waals surface area contributed by atoms with E-state index in [4.69, 9.17) is 20.9 Å². The zero-order valence-corrected chi connectivity index (χ0v) is 14.5. The predicted molar refractivity (Wildman–Crippen MR) is 92.4 cm³/mol. The van der Waals surface area contributed by atoms with Crippen LogP contribution < -0.4 is 4.74 Å². The van der Waals surface area contributed by atoms with Crippen molar-refractivity contribution in [1.82, 2.24) is 15.1 Å². The van der Waals surface area contributed by atoms with Gasteiger partial charge in [-0.3, -0.25) is 0 Å². The molecule has 3 heterocycles. The molecule has 7 heteroatoms. The van der Waals surface area contributed by atoms with E-state index in [0.29, 0.717) is 34.6 Å². The zero-order valence-electron chi connectivity index (χ0n) is 13.7. The second-order valence-corrected chi connectivity index (χ2v) is 6.98. The van der Waals surface area contributed by atoms with E-state index in [0.717, 1.165) is 11.1 Å². The monoisotopic (exact) mass is 357 g/mol. The first-order chi connectivity index (χ1) is 11.9. The fourth-order valence-corrected chi connectivity index (χ4v) is 2.81. The second kappa shape index (κ2) is 5.82. The van der Waals surface area contributed by atoms with Gasteiger partial charge in [0, 0.05) is 28.8 Å². The highest BCUT2D eigenvalue weighted by molar-refractivity contribution is 6.30. The molecule has 0 saturated heterocycles. The van der Waals surface area contributed by atoms with Crippen molar-refractivity contribution in [1.29, 1.82) is 0 Å². The van der Waals surface area contributed by atoms with Gasteiger partial charge in [-0.15, -0.1) is 0 Å². The molecule has 1 aliphatic heterocycles. The number of hydrogen-bond acceptors (Lipinski definition) is 6. The molecule has 0 aliphatic carbocycles. The minimum Gasteiger partial charge on any atom is -0.469 e. The summed E-state index contributed by atoms with van der Waals surface area (Å²) < 4.78 is 11.1. The van der Waals surface area contributed by atoms with E-state index in [1.54, 1.807) is 18.3 Å². The highest BCUT2D eigenvalue weighted by Crippen LogP contribution is 2.34. The zero-order chi connectivity index (χ0) is 17.6. The number of aromatic nitrogens is 3. The average Bonchev–Trinajstić information content (AvgIpc) is 3.06. The Bertz CT molecular complexity index is 922. The molecule has 25 heavy (non-hydrogen) atoms. The van der Waals surface area contributed by atoms with Crippen molar-refractivity contribution in [3.63, 3.8) is 0 Å². The van der Waals surface area contributed by atoms with Crippen LogP contribution in [0.15, 0.2) is 41.1 Å². The van der Waals surface area contributed by atoms with Crippen LogP contribution >= 0.6 is 11.6 Å². The quantitative estimate of drug-likeness (QED) is 0.755. The number of halogens is 1. The van der Waals surface area contributed by atoms with Gasteiger partial charge in [-0.05, 0) is 44.2 Å². The summed E-state index contributed by atoms with van der Waals surface area (Å²) in [5.41, 5.74) is 1.65. The first kappa shape index (κ1) is 16.1. The van der Waals surface area contributed by atoms with Crippen LogP contribution in [0.2, 0.25) is 5.02 Å². The van der Waals surface area contributed by atoms with Gasteiger partial charge in [0.2, 0.25) is 11.7 Å². The largest absolute Gasteiger partial charge is 0.469 e. The van der Waals surface area contributed by atoms with Gasteiger partial charge in [-0.25, -0.2) is 4.98 Å². The minimum absolute atomic E-state index is 0.361. The lowest BCUT2D eigenvalue weighted by atomic mass is 9.92. The standard InChI is InChI=1S/C18H16ClN3O3/c1-18(2)14(23)8-11-7-12(9-20-16(11)24-18)17-21-15(22-25-17)10-3-5-13(19)6-4-10/h3-7,9,14,23H,8H2,1-2H3/t14-/m0/s1. The second-order valence-electron chi connectivity index (χ2n) is 6.54. The molecule has 1 aliphatic rings. The number of benzene rings is 1. The molecule has 3 aromatic rings. The smallest absolute Gasteiger partial charge is 0.259 e. The molecule has 1 N–H and O–H groups in total. The van der Waals surface area contributed by atoms with Gasteiger partial charge in [-0.1, -0.05) is 16.8 Å². The van der Waals surface area contributed by atoms with Crippen LogP contribution in [0.1, 0.15) is 19.4 Å². The average molecular weight is 358 g/mol. The minimum atomic E-state index is -0.659. The van der Waals surface area contributed by atoms with E-state index < -0.39 is 11.7 Å². The third-order valence-electron chi connectivity index (χ3n) is 4.28. The number of nitrogens with zero attached hydrogens (tertiary/aromatic N) is 3. The third kappa shape index (κ3) is 2.99. The van der Waals surface area contributed by atoms with Crippen molar-refractivity contribution in [3.05, 3.63) is 47.1 Å². The van der Waals surface area contributed by atoms with Crippen molar-refractivity contribution in [2.24, 2.45) is 0 Å². The van der Waals surface area contributed by atoms with Crippen molar-refractivity contribution >= 4 is 11.6 Å². The molecule has 4 rings (SSSR count). The SMILES string of the molecule is CC1(C)Oc2ncc(-c3nc(-c4ccc(Cl)cc4)no3)cc2C[C@@H]1O. The van der Waals surface area contributed by atoms with Crippen LogP contribution in [-0.2, 0) is 6.42 Å². The van der Waals surface area contributed by atoms with Crippen LogP contribution in [0.5, 0.6) is 5.88 Å². The van der Waals surface area contributed by atoms with Crippen LogP contribution in [0.4, 0.5) is 0 Å². The molecule has 0 saturated carbocycles. The maximum Gasteiger partial charge on any atom is 0.259 e. The molecule has 128 valence electrons. The lowest BCUT2D eigenvalue weighted by molar-refractivity contribution is -0.0442. The number of pyridine rings is 1. The van der Waals surface area contributed by atoms with Gasteiger partial charge in [0.1, 0.15) is 5.60 Å². The highest BCUT2D eigenvalue weighted by Gasteiger charge is 2.36. The maximum absolute atomic E-state index is 10.2. The third-order valence-corrected chi connectivity index (χ3v) is 4.53. The van der Waals surface area contributed by atoms with E-state index in [9.17, 15) is 5.11 Å². The van der Waals surface area contributed by atoms with E-state index in [1.807, 2.05) is 32.0 Å². The Kier molecular flexibility index (Phi) is 3.74. The molecule has 0 amide bonds. The number of fused-ring (bicyclic) bond motifs is 1. The van der Waals surface area contributed by atoms with E-state index in [-0.39, 0.29) is 0 Å². The Balaban J connectivity index is 1.65. The molecule has 0 fully saturated rings. The van der Waals surface area contributed by atoms with Gasteiger partial charge < -0.3 is 14.4 Å². The van der Waals surface area contributed by atoms with E-state index in [2.05, 4.69) is 15.1 Å². The van der Waals surface area contributed by atoms with Crippen molar-refractivity contribution < 1.29 is 14.4 Å². The van der Waals surface area contributed by atoms with Crippen LogP contribution in [-0.4, -0.2) is 31.9 Å². The van der Waals surface area contributed by atoms with Gasteiger partial charge in [0.15, 0.2) is 0 Å². The summed E-state index contributed by atoms with van der Waals surface area (Å²) in [6.07, 6.45) is 1.48. The summed E-state index contributed by atoms with van der Waals surface area (Å²) in [6.45, 7) is 3.68.